The topological polar surface area (TPSA) is 86.2 Å². The molecule has 0 aliphatic heterocycles. The van der Waals surface area contributed by atoms with Crippen molar-refractivity contribution in [3.8, 4) is 22.6 Å². The SMILES string of the molecule is CC(C)n1cc(-c2ccc(Oc3cc(CCC(F)(F)F)ccc3CO)cc2)c2c(N)ncnc21. The summed E-state index contributed by atoms with van der Waals surface area (Å²) in [6.07, 6.45) is -1.88. The number of nitrogen functional groups attached to an aromatic ring is 1. The van der Waals surface area contributed by atoms with Crippen LogP contribution in [0.4, 0.5) is 19.0 Å². The van der Waals surface area contributed by atoms with Crippen molar-refractivity contribution in [2.45, 2.75) is 45.5 Å². The highest BCUT2D eigenvalue weighted by atomic mass is 19.4. The molecule has 34 heavy (non-hydrogen) atoms. The lowest BCUT2D eigenvalue weighted by Gasteiger charge is -2.13. The van der Waals surface area contributed by atoms with Crippen LogP contribution in [0.3, 0.4) is 0 Å². The van der Waals surface area contributed by atoms with Crippen molar-refractivity contribution in [1.29, 1.82) is 0 Å². The number of aryl methyl sites for hydroxylation is 1. The maximum absolute atomic E-state index is 12.6. The lowest BCUT2D eigenvalue weighted by atomic mass is 10.1. The van der Waals surface area contributed by atoms with E-state index in [2.05, 4.69) is 23.8 Å². The molecule has 3 N–H and O–H groups in total. The minimum Gasteiger partial charge on any atom is -0.457 e. The molecule has 178 valence electrons. The number of nitrogens with two attached hydrogens (primary N) is 1. The van der Waals surface area contributed by atoms with Crippen LogP contribution in [0, 0.1) is 0 Å². The molecule has 6 nitrogen and oxygen atoms in total. The second-order valence-electron chi connectivity index (χ2n) is 8.34. The number of nitrogens with zero attached hydrogens (tertiary/aromatic N) is 3. The normalized spacial score (nSPS) is 12.0. The van der Waals surface area contributed by atoms with Crippen LogP contribution in [-0.4, -0.2) is 25.8 Å². The molecular weight excluding hydrogens is 445 g/mol. The fourth-order valence-electron chi connectivity index (χ4n) is 3.82. The molecule has 0 unspecified atom stereocenters. The second-order valence-corrected chi connectivity index (χ2v) is 8.34. The summed E-state index contributed by atoms with van der Waals surface area (Å²) >= 11 is 0. The van der Waals surface area contributed by atoms with Crippen molar-refractivity contribution in [1.82, 2.24) is 14.5 Å². The average Bonchev–Trinajstić information content (AvgIpc) is 3.19. The van der Waals surface area contributed by atoms with Gasteiger partial charge in [0.1, 0.15) is 29.3 Å². The molecule has 2 aromatic heterocycles. The molecule has 0 aliphatic carbocycles. The van der Waals surface area contributed by atoms with Gasteiger partial charge in [0.25, 0.3) is 0 Å². The summed E-state index contributed by atoms with van der Waals surface area (Å²) in [5.74, 6) is 1.20. The van der Waals surface area contributed by atoms with E-state index < -0.39 is 12.6 Å². The van der Waals surface area contributed by atoms with Gasteiger partial charge in [-0.25, -0.2) is 9.97 Å². The molecule has 0 aliphatic rings. The third-order valence-electron chi connectivity index (χ3n) is 5.59. The summed E-state index contributed by atoms with van der Waals surface area (Å²) in [5, 5.41) is 10.4. The summed E-state index contributed by atoms with van der Waals surface area (Å²) < 4.78 is 45.7. The maximum atomic E-state index is 12.6. The number of aliphatic hydroxyl groups is 1. The van der Waals surface area contributed by atoms with E-state index in [-0.39, 0.29) is 19.1 Å². The molecule has 0 amide bonds. The third kappa shape index (κ3) is 4.99. The molecule has 0 saturated heterocycles. The number of anilines is 1. The number of halogens is 3. The fourth-order valence-corrected chi connectivity index (χ4v) is 3.82. The first-order valence-corrected chi connectivity index (χ1v) is 10.8. The van der Waals surface area contributed by atoms with Crippen LogP contribution in [0.1, 0.15) is 37.4 Å². The highest BCUT2D eigenvalue weighted by molar-refractivity contribution is 6.00. The van der Waals surface area contributed by atoms with Crippen LogP contribution in [0.5, 0.6) is 11.5 Å². The molecule has 0 spiro atoms. The number of aliphatic hydroxyl groups excluding tert-OH is 1. The molecular formula is C25H25F3N4O2. The molecule has 0 radical (unpaired) electrons. The maximum Gasteiger partial charge on any atom is 0.389 e. The minimum atomic E-state index is -4.24. The van der Waals surface area contributed by atoms with Gasteiger partial charge in [-0.2, -0.15) is 13.2 Å². The smallest absolute Gasteiger partial charge is 0.389 e. The Kier molecular flexibility index (Phi) is 6.47. The summed E-state index contributed by atoms with van der Waals surface area (Å²) in [4.78, 5) is 8.53. The minimum absolute atomic E-state index is 0.159. The number of alkyl halides is 3. The van der Waals surface area contributed by atoms with Gasteiger partial charge in [0.2, 0.25) is 0 Å². The molecule has 2 heterocycles. The Bertz CT molecular complexity index is 1300. The highest BCUT2D eigenvalue weighted by Gasteiger charge is 2.26. The molecule has 4 aromatic rings. The van der Waals surface area contributed by atoms with Gasteiger partial charge in [-0.15, -0.1) is 0 Å². The Balaban J connectivity index is 1.62. The lowest BCUT2D eigenvalue weighted by Crippen LogP contribution is -2.08. The Morgan fingerprint density at radius 2 is 1.82 bits per heavy atom. The zero-order chi connectivity index (χ0) is 24.5. The standard InChI is InChI=1S/C25H25F3N4O2/c1-15(2)32-12-20(22-23(29)30-14-31-24(22)32)17-5-7-19(8-6-17)34-21-11-16(3-4-18(21)13-33)9-10-25(26,27)28/h3-8,11-12,14-15,33H,9-10,13H2,1-2H3,(H2,29,30,31). The van der Waals surface area contributed by atoms with Gasteiger partial charge < -0.3 is 20.1 Å². The Morgan fingerprint density at radius 3 is 2.47 bits per heavy atom. The van der Waals surface area contributed by atoms with Crippen molar-refractivity contribution < 1.29 is 23.0 Å². The van der Waals surface area contributed by atoms with E-state index in [1.807, 2.05) is 22.9 Å². The number of fused-ring (bicyclic) bond motifs is 1. The highest BCUT2D eigenvalue weighted by Crippen LogP contribution is 2.36. The van der Waals surface area contributed by atoms with Gasteiger partial charge in [0, 0.05) is 29.8 Å². The molecule has 0 bridgehead atoms. The van der Waals surface area contributed by atoms with E-state index in [1.165, 1.54) is 6.33 Å². The van der Waals surface area contributed by atoms with E-state index in [9.17, 15) is 18.3 Å². The molecule has 4 rings (SSSR count). The van der Waals surface area contributed by atoms with E-state index in [0.717, 1.165) is 22.2 Å². The number of aromatic nitrogens is 3. The first kappa shape index (κ1) is 23.6. The van der Waals surface area contributed by atoms with E-state index in [1.54, 1.807) is 30.3 Å². The predicted octanol–water partition coefficient (Wildman–Crippen LogP) is 6.04. The van der Waals surface area contributed by atoms with Crippen molar-refractivity contribution in [2.24, 2.45) is 0 Å². The molecule has 0 fully saturated rings. The first-order chi connectivity index (χ1) is 16.2. The van der Waals surface area contributed by atoms with Crippen LogP contribution >= 0.6 is 0 Å². The summed E-state index contributed by atoms with van der Waals surface area (Å²) in [6.45, 7) is 3.82. The second kappa shape index (κ2) is 9.34. The number of benzene rings is 2. The predicted molar refractivity (Wildman–Crippen MR) is 125 cm³/mol. The van der Waals surface area contributed by atoms with Gasteiger partial charge in [0.15, 0.2) is 0 Å². The monoisotopic (exact) mass is 470 g/mol. The number of hydrogen-bond donors (Lipinski definition) is 2. The first-order valence-electron chi connectivity index (χ1n) is 10.8. The molecule has 9 heteroatoms. The zero-order valence-electron chi connectivity index (χ0n) is 18.8. The van der Waals surface area contributed by atoms with Crippen molar-refractivity contribution in [3.63, 3.8) is 0 Å². The lowest BCUT2D eigenvalue weighted by molar-refractivity contribution is -0.134. The number of hydrogen-bond acceptors (Lipinski definition) is 5. The number of rotatable bonds is 7. The zero-order valence-corrected chi connectivity index (χ0v) is 18.8. The van der Waals surface area contributed by atoms with Gasteiger partial charge in [-0.1, -0.05) is 24.3 Å². The summed E-state index contributed by atoms with van der Waals surface area (Å²) in [7, 11) is 0. The fraction of sp³-hybridized carbons (Fsp3) is 0.280. The average molecular weight is 470 g/mol. The van der Waals surface area contributed by atoms with E-state index in [4.69, 9.17) is 10.5 Å². The Labute approximate surface area is 194 Å². The Hall–Kier alpha value is -3.59. The van der Waals surface area contributed by atoms with Crippen LogP contribution in [0.2, 0.25) is 0 Å². The third-order valence-corrected chi connectivity index (χ3v) is 5.59. The van der Waals surface area contributed by atoms with E-state index >= 15 is 0 Å². The molecule has 0 atom stereocenters. The Morgan fingerprint density at radius 1 is 1.09 bits per heavy atom. The van der Waals surface area contributed by atoms with Crippen molar-refractivity contribution in [2.75, 3.05) is 5.73 Å². The van der Waals surface area contributed by atoms with Gasteiger partial charge in [0.05, 0.1) is 12.0 Å². The van der Waals surface area contributed by atoms with Crippen molar-refractivity contribution in [3.05, 3.63) is 66.1 Å². The van der Waals surface area contributed by atoms with Crippen LogP contribution in [0.25, 0.3) is 22.2 Å². The van der Waals surface area contributed by atoms with E-state index in [0.29, 0.717) is 28.4 Å². The van der Waals surface area contributed by atoms with Crippen LogP contribution in [-0.2, 0) is 13.0 Å². The van der Waals surface area contributed by atoms with Crippen LogP contribution in [0.15, 0.2) is 55.0 Å². The van der Waals surface area contributed by atoms with Crippen molar-refractivity contribution >= 4 is 16.9 Å². The van der Waals surface area contributed by atoms with Gasteiger partial charge >= 0.3 is 6.18 Å². The molecule has 2 aromatic carbocycles. The van der Waals surface area contributed by atoms with Crippen LogP contribution < -0.4 is 10.5 Å². The summed E-state index contributed by atoms with van der Waals surface area (Å²) in [6, 6.07) is 12.1. The quantitative estimate of drug-likeness (QED) is 0.344. The van der Waals surface area contributed by atoms with Gasteiger partial charge in [-0.3, -0.25) is 0 Å². The summed E-state index contributed by atoms with van der Waals surface area (Å²) in [5.41, 5.74) is 9.66. The van der Waals surface area contributed by atoms with Gasteiger partial charge in [-0.05, 0) is 49.6 Å². The number of ether oxygens (including phenoxy) is 1. The largest absolute Gasteiger partial charge is 0.457 e. The molecule has 0 saturated carbocycles.